The van der Waals surface area contributed by atoms with Gasteiger partial charge in [-0.1, -0.05) is 36.4 Å². The topological polar surface area (TPSA) is 66.0 Å². The Kier molecular flexibility index (Phi) is 5.96. The van der Waals surface area contributed by atoms with Crippen molar-refractivity contribution >= 4 is 28.5 Å². The molecular weight excluding hydrogens is 416 g/mol. The Morgan fingerprint density at radius 3 is 2.48 bits per heavy atom. The molecular formula is C26H28N4O3. The Bertz CT molecular complexity index is 1160. The molecule has 3 heterocycles. The van der Waals surface area contributed by atoms with E-state index in [9.17, 15) is 9.59 Å². The van der Waals surface area contributed by atoms with Crippen molar-refractivity contribution < 1.29 is 14.3 Å². The highest BCUT2D eigenvalue weighted by molar-refractivity contribution is 5.99. The number of esters is 1. The minimum atomic E-state index is -0.376. The smallest absolute Gasteiger partial charge is 0.303 e. The number of benzene rings is 2. The molecule has 2 aliphatic rings. The number of carbonyl (C=O) groups is 2. The number of fused-ring (bicyclic) bond motifs is 2. The van der Waals surface area contributed by atoms with E-state index in [4.69, 9.17) is 4.74 Å². The number of aromatic nitrogens is 1. The highest BCUT2D eigenvalue weighted by Crippen LogP contribution is 2.26. The van der Waals surface area contributed by atoms with Crippen LogP contribution in [0.25, 0.3) is 10.9 Å². The quantitative estimate of drug-likeness (QED) is 0.545. The second-order valence-corrected chi connectivity index (χ2v) is 8.73. The van der Waals surface area contributed by atoms with E-state index >= 15 is 0 Å². The highest BCUT2D eigenvalue weighted by atomic mass is 16.5. The van der Waals surface area contributed by atoms with E-state index in [2.05, 4.69) is 39.0 Å². The van der Waals surface area contributed by atoms with Gasteiger partial charge in [-0.3, -0.25) is 14.5 Å². The monoisotopic (exact) mass is 444 g/mol. The number of ether oxygens (including phenoxy) is 1. The normalized spacial score (nSPS) is 17.3. The van der Waals surface area contributed by atoms with Crippen LogP contribution in [0, 0.1) is 0 Å². The van der Waals surface area contributed by atoms with Gasteiger partial charge in [-0.15, -0.1) is 0 Å². The first-order valence-corrected chi connectivity index (χ1v) is 11.4. The van der Waals surface area contributed by atoms with Crippen LogP contribution in [-0.2, 0) is 16.1 Å². The molecule has 1 amide bonds. The number of hydrogen-bond acceptors (Lipinski definition) is 6. The predicted octanol–water partition coefficient (Wildman–Crippen LogP) is 2.94. The fraction of sp³-hybridized carbons (Fsp3) is 0.346. The maximum atomic E-state index is 13.1. The number of anilines is 1. The van der Waals surface area contributed by atoms with Gasteiger partial charge in [0.1, 0.15) is 11.8 Å². The van der Waals surface area contributed by atoms with Crippen molar-refractivity contribution in [2.75, 3.05) is 44.2 Å². The zero-order valence-corrected chi connectivity index (χ0v) is 18.8. The third-order valence-electron chi connectivity index (χ3n) is 6.37. The van der Waals surface area contributed by atoms with E-state index < -0.39 is 0 Å². The predicted molar refractivity (Wildman–Crippen MR) is 127 cm³/mol. The summed E-state index contributed by atoms with van der Waals surface area (Å²) in [5.74, 6) is -0.419. The summed E-state index contributed by atoms with van der Waals surface area (Å²) >= 11 is 0. The summed E-state index contributed by atoms with van der Waals surface area (Å²) in [6, 6.07) is 20.3. The van der Waals surface area contributed by atoms with Gasteiger partial charge in [0.2, 0.25) is 0 Å². The number of piperazine rings is 1. The van der Waals surface area contributed by atoms with E-state index in [1.54, 1.807) is 4.90 Å². The van der Waals surface area contributed by atoms with Gasteiger partial charge >= 0.3 is 5.97 Å². The van der Waals surface area contributed by atoms with Crippen molar-refractivity contribution in [3.05, 3.63) is 71.9 Å². The zero-order valence-electron chi connectivity index (χ0n) is 18.8. The van der Waals surface area contributed by atoms with Crippen molar-refractivity contribution in [1.82, 2.24) is 14.8 Å². The van der Waals surface area contributed by atoms with Crippen molar-refractivity contribution in [3.8, 4) is 0 Å². The third-order valence-corrected chi connectivity index (χ3v) is 6.37. The number of nitrogens with zero attached hydrogens (tertiary/aromatic N) is 4. The first-order chi connectivity index (χ1) is 16.1. The Morgan fingerprint density at radius 1 is 1.00 bits per heavy atom. The average molecular weight is 445 g/mol. The summed E-state index contributed by atoms with van der Waals surface area (Å²) < 4.78 is 5.64. The van der Waals surface area contributed by atoms with Gasteiger partial charge in [0, 0.05) is 62.8 Å². The van der Waals surface area contributed by atoms with Crippen LogP contribution in [0.5, 0.6) is 0 Å². The Hall–Kier alpha value is -3.45. The Labute approximate surface area is 193 Å². The maximum absolute atomic E-state index is 13.1. The van der Waals surface area contributed by atoms with E-state index in [0.29, 0.717) is 25.3 Å². The molecule has 1 fully saturated rings. The summed E-state index contributed by atoms with van der Waals surface area (Å²) in [5, 5.41) is 1.03. The molecule has 0 saturated carbocycles. The van der Waals surface area contributed by atoms with E-state index in [1.807, 2.05) is 36.4 Å². The summed E-state index contributed by atoms with van der Waals surface area (Å²) in [4.78, 5) is 35.9. The molecule has 5 rings (SSSR count). The maximum Gasteiger partial charge on any atom is 0.303 e. The molecule has 33 heavy (non-hydrogen) atoms. The van der Waals surface area contributed by atoms with Crippen molar-refractivity contribution in [1.29, 1.82) is 0 Å². The molecule has 0 unspecified atom stereocenters. The number of para-hydroxylation sites is 2. The number of hydrogen-bond donors (Lipinski definition) is 0. The van der Waals surface area contributed by atoms with Gasteiger partial charge in [0.15, 0.2) is 0 Å². The molecule has 2 aliphatic heterocycles. The molecule has 1 aromatic heterocycles. The lowest BCUT2D eigenvalue weighted by Gasteiger charge is -2.37. The summed E-state index contributed by atoms with van der Waals surface area (Å²) in [6.45, 7) is 6.49. The zero-order chi connectivity index (χ0) is 22.8. The Balaban J connectivity index is 1.24. The van der Waals surface area contributed by atoms with Crippen molar-refractivity contribution in [2.45, 2.75) is 19.6 Å². The molecule has 0 bridgehead atoms. The van der Waals surface area contributed by atoms with Crippen molar-refractivity contribution in [2.24, 2.45) is 0 Å². The molecule has 0 spiro atoms. The van der Waals surface area contributed by atoms with Gasteiger partial charge in [-0.2, -0.15) is 0 Å². The van der Waals surface area contributed by atoms with Crippen molar-refractivity contribution in [3.63, 3.8) is 0 Å². The van der Waals surface area contributed by atoms with Crippen LogP contribution in [0.4, 0.5) is 5.69 Å². The molecule has 7 heteroatoms. The average Bonchev–Trinajstić information content (AvgIpc) is 3.12. The van der Waals surface area contributed by atoms with Gasteiger partial charge in [-0.25, -0.2) is 4.98 Å². The van der Waals surface area contributed by atoms with Crippen LogP contribution in [0.2, 0.25) is 0 Å². The molecule has 170 valence electrons. The molecule has 3 aromatic rings. The van der Waals surface area contributed by atoms with Gasteiger partial charge < -0.3 is 14.5 Å². The van der Waals surface area contributed by atoms with Crippen LogP contribution in [-0.4, -0.2) is 72.0 Å². The van der Waals surface area contributed by atoms with Crippen LogP contribution >= 0.6 is 0 Å². The lowest BCUT2D eigenvalue weighted by Crippen LogP contribution is -2.50. The van der Waals surface area contributed by atoms with Gasteiger partial charge in [0.25, 0.3) is 5.91 Å². The molecule has 7 nitrogen and oxygen atoms in total. The fourth-order valence-corrected chi connectivity index (χ4v) is 4.77. The van der Waals surface area contributed by atoms with Crippen LogP contribution in [0.1, 0.15) is 23.0 Å². The molecule has 0 aliphatic carbocycles. The fourth-order valence-electron chi connectivity index (χ4n) is 4.77. The Morgan fingerprint density at radius 2 is 1.73 bits per heavy atom. The molecule has 0 radical (unpaired) electrons. The van der Waals surface area contributed by atoms with Gasteiger partial charge in [-0.05, 0) is 24.3 Å². The number of carbonyl (C=O) groups excluding carboxylic acids is 2. The lowest BCUT2D eigenvalue weighted by atomic mass is 10.1. The van der Waals surface area contributed by atoms with Gasteiger partial charge in [0.05, 0.1) is 12.1 Å². The number of pyridine rings is 1. The SMILES string of the molecule is CC(=O)O[C@H](CN1CCN(c2ccccc2)CC1)CN1Cc2cc3ccccc3nc2C1=O. The van der Waals surface area contributed by atoms with Crippen LogP contribution in [0.3, 0.4) is 0 Å². The summed E-state index contributed by atoms with van der Waals surface area (Å²) in [6.07, 6.45) is -0.376. The molecule has 1 atom stereocenters. The summed E-state index contributed by atoms with van der Waals surface area (Å²) in [7, 11) is 0. The molecule has 1 saturated heterocycles. The van der Waals surface area contributed by atoms with E-state index in [1.165, 1.54) is 12.6 Å². The lowest BCUT2D eigenvalue weighted by molar-refractivity contribution is -0.148. The molecule has 0 N–H and O–H groups in total. The number of rotatable bonds is 6. The first-order valence-electron chi connectivity index (χ1n) is 11.4. The summed E-state index contributed by atoms with van der Waals surface area (Å²) in [5.41, 5.74) is 3.48. The van der Waals surface area contributed by atoms with Crippen LogP contribution in [0.15, 0.2) is 60.7 Å². The largest absolute Gasteiger partial charge is 0.459 e. The van der Waals surface area contributed by atoms with E-state index in [0.717, 1.165) is 42.6 Å². The minimum absolute atomic E-state index is 0.0956. The van der Waals surface area contributed by atoms with E-state index in [-0.39, 0.29) is 18.0 Å². The second kappa shape index (κ2) is 9.19. The number of amides is 1. The standard InChI is InChI=1S/C26H28N4O3/c1-19(31)33-23(17-28-11-13-29(14-12-28)22-8-3-2-4-9-22)18-30-16-21-15-20-7-5-6-10-24(20)27-25(21)26(30)32/h2-10,15,23H,11-14,16-18H2,1H3/t23-/m1/s1. The second-order valence-electron chi connectivity index (χ2n) is 8.73. The van der Waals surface area contributed by atoms with Crippen LogP contribution < -0.4 is 4.90 Å². The first kappa shape index (κ1) is 21.4. The molecule has 2 aromatic carbocycles. The third kappa shape index (κ3) is 4.68. The minimum Gasteiger partial charge on any atom is -0.459 e. The highest BCUT2D eigenvalue weighted by Gasteiger charge is 2.32.